The van der Waals surface area contributed by atoms with Gasteiger partial charge in [-0.2, -0.15) is 0 Å². The van der Waals surface area contributed by atoms with Gasteiger partial charge < -0.3 is 19.9 Å². The fourth-order valence-corrected chi connectivity index (χ4v) is 2.94. The Kier molecular flexibility index (Phi) is 5.85. The van der Waals surface area contributed by atoms with Gasteiger partial charge in [-0.25, -0.2) is 0 Å². The molecule has 5 nitrogen and oxygen atoms in total. The first kappa shape index (κ1) is 16.1. The molecule has 2 unspecified atom stereocenters. The van der Waals surface area contributed by atoms with Crippen molar-refractivity contribution in [3.05, 3.63) is 23.8 Å². The molecule has 118 valence electrons. The topological polar surface area (TPSA) is 57.0 Å². The number of piperidine rings is 1. The van der Waals surface area contributed by atoms with Crippen LogP contribution in [0.3, 0.4) is 0 Å². The summed E-state index contributed by atoms with van der Waals surface area (Å²) in [6.07, 6.45) is 2.39. The highest BCUT2D eigenvalue weighted by Crippen LogP contribution is 2.29. The SMILES string of the molecule is COc1ccc(CN2CCC(OC)CC2CN)cc1OC. The maximum absolute atomic E-state index is 5.92. The molecule has 0 aliphatic carbocycles. The average Bonchev–Trinajstić information content (AvgIpc) is 2.55. The Bertz CT molecular complexity index is 453. The molecule has 1 aliphatic rings. The van der Waals surface area contributed by atoms with E-state index in [0.717, 1.165) is 37.4 Å². The minimum absolute atomic E-state index is 0.334. The van der Waals surface area contributed by atoms with E-state index in [0.29, 0.717) is 18.7 Å². The molecule has 21 heavy (non-hydrogen) atoms. The zero-order valence-electron chi connectivity index (χ0n) is 13.2. The minimum atomic E-state index is 0.334. The van der Waals surface area contributed by atoms with Crippen LogP contribution in [0.15, 0.2) is 18.2 Å². The maximum Gasteiger partial charge on any atom is 0.161 e. The van der Waals surface area contributed by atoms with Crippen molar-refractivity contribution in [3.63, 3.8) is 0 Å². The first-order chi connectivity index (χ1) is 10.2. The number of nitrogens with zero attached hydrogens (tertiary/aromatic N) is 1. The lowest BCUT2D eigenvalue weighted by molar-refractivity contribution is 0.0102. The van der Waals surface area contributed by atoms with Crippen LogP contribution in [-0.4, -0.2) is 51.5 Å². The van der Waals surface area contributed by atoms with Gasteiger partial charge in [0, 0.05) is 32.8 Å². The molecule has 2 atom stereocenters. The summed E-state index contributed by atoms with van der Waals surface area (Å²) in [6, 6.07) is 6.44. The van der Waals surface area contributed by atoms with Crippen molar-refractivity contribution in [1.29, 1.82) is 0 Å². The van der Waals surface area contributed by atoms with E-state index in [2.05, 4.69) is 11.0 Å². The highest BCUT2D eigenvalue weighted by molar-refractivity contribution is 5.42. The summed E-state index contributed by atoms with van der Waals surface area (Å²) in [7, 11) is 5.09. The fraction of sp³-hybridized carbons (Fsp3) is 0.625. The quantitative estimate of drug-likeness (QED) is 0.864. The zero-order chi connectivity index (χ0) is 15.2. The third kappa shape index (κ3) is 3.87. The first-order valence-corrected chi connectivity index (χ1v) is 7.39. The predicted molar refractivity (Wildman–Crippen MR) is 82.8 cm³/mol. The maximum atomic E-state index is 5.92. The number of ether oxygens (including phenoxy) is 3. The van der Waals surface area contributed by atoms with Gasteiger partial charge in [-0.3, -0.25) is 4.90 Å². The molecule has 1 heterocycles. The molecule has 1 aromatic rings. The molecule has 0 bridgehead atoms. The zero-order valence-corrected chi connectivity index (χ0v) is 13.2. The Hall–Kier alpha value is -1.30. The third-order valence-electron chi connectivity index (χ3n) is 4.23. The Morgan fingerprint density at radius 2 is 1.95 bits per heavy atom. The van der Waals surface area contributed by atoms with Crippen molar-refractivity contribution in [3.8, 4) is 11.5 Å². The van der Waals surface area contributed by atoms with Crippen molar-refractivity contribution in [1.82, 2.24) is 4.90 Å². The second-order valence-electron chi connectivity index (χ2n) is 5.43. The van der Waals surface area contributed by atoms with Crippen LogP contribution in [0.5, 0.6) is 11.5 Å². The van der Waals surface area contributed by atoms with Gasteiger partial charge in [0.1, 0.15) is 0 Å². The Morgan fingerprint density at radius 3 is 2.57 bits per heavy atom. The summed E-state index contributed by atoms with van der Waals surface area (Å²) < 4.78 is 16.1. The summed E-state index contributed by atoms with van der Waals surface area (Å²) in [6.45, 7) is 2.54. The largest absolute Gasteiger partial charge is 0.493 e. The number of rotatable bonds is 6. The molecule has 0 saturated carbocycles. The molecule has 0 spiro atoms. The van der Waals surface area contributed by atoms with Crippen molar-refractivity contribution >= 4 is 0 Å². The second kappa shape index (κ2) is 7.64. The van der Waals surface area contributed by atoms with Crippen LogP contribution < -0.4 is 15.2 Å². The molecule has 1 aliphatic heterocycles. The summed E-state index contributed by atoms with van der Waals surface area (Å²) in [4.78, 5) is 2.43. The average molecular weight is 294 g/mol. The molecule has 5 heteroatoms. The lowest BCUT2D eigenvalue weighted by Gasteiger charge is -2.38. The highest BCUT2D eigenvalue weighted by Gasteiger charge is 2.27. The van der Waals surface area contributed by atoms with Gasteiger partial charge in [-0.05, 0) is 30.5 Å². The van der Waals surface area contributed by atoms with Crippen LogP contribution in [0.25, 0.3) is 0 Å². The van der Waals surface area contributed by atoms with Gasteiger partial charge in [0.15, 0.2) is 11.5 Å². The second-order valence-corrected chi connectivity index (χ2v) is 5.43. The third-order valence-corrected chi connectivity index (χ3v) is 4.23. The first-order valence-electron chi connectivity index (χ1n) is 7.39. The number of likely N-dealkylation sites (tertiary alicyclic amines) is 1. The highest BCUT2D eigenvalue weighted by atomic mass is 16.5. The molecule has 2 rings (SSSR count). The molecular weight excluding hydrogens is 268 g/mol. The van der Waals surface area contributed by atoms with Crippen LogP contribution in [0, 0.1) is 0 Å². The lowest BCUT2D eigenvalue weighted by Crippen LogP contribution is -2.47. The van der Waals surface area contributed by atoms with Crippen LogP contribution in [-0.2, 0) is 11.3 Å². The Labute approximate surface area is 127 Å². The summed E-state index contributed by atoms with van der Waals surface area (Å²) in [5.74, 6) is 1.53. The molecule has 1 aromatic carbocycles. The number of benzene rings is 1. The smallest absolute Gasteiger partial charge is 0.161 e. The van der Waals surface area contributed by atoms with Gasteiger partial charge in [-0.15, -0.1) is 0 Å². The van der Waals surface area contributed by atoms with Crippen LogP contribution >= 0.6 is 0 Å². The molecule has 0 amide bonds. The molecule has 0 radical (unpaired) electrons. The van der Waals surface area contributed by atoms with E-state index in [1.807, 2.05) is 12.1 Å². The van der Waals surface area contributed by atoms with E-state index in [1.165, 1.54) is 5.56 Å². The van der Waals surface area contributed by atoms with E-state index >= 15 is 0 Å². The summed E-state index contributed by atoms with van der Waals surface area (Å²) in [5.41, 5.74) is 7.13. The monoisotopic (exact) mass is 294 g/mol. The van der Waals surface area contributed by atoms with Gasteiger partial charge in [-0.1, -0.05) is 6.07 Å². The minimum Gasteiger partial charge on any atom is -0.493 e. The van der Waals surface area contributed by atoms with Gasteiger partial charge in [0.05, 0.1) is 20.3 Å². The lowest BCUT2D eigenvalue weighted by atomic mass is 9.98. The van der Waals surface area contributed by atoms with E-state index in [1.54, 1.807) is 21.3 Å². The number of hydrogen-bond donors (Lipinski definition) is 1. The summed E-state index contributed by atoms with van der Waals surface area (Å²) in [5, 5.41) is 0. The molecule has 1 fully saturated rings. The van der Waals surface area contributed by atoms with Crippen molar-refractivity contribution in [2.24, 2.45) is 5.73 Å². The normalized spacial score (nSPS) is 23.0. The predicted octanol–water partition coefficient (Wildman–Crippen LogP) is 1.64. The fourth-order valence-electron chi connectivity index (χ4n) is 2.94. The standard InChI is InChI=1S/C16H26N2O3/c1-19-14-6-7-18(13(9-14)10-17)11-12-4-5-15(20-2)16(8-12)21-3/h4-5,8,13-14H,6-7,9-11,17H2,1-3H3. The molecule has 0 aromatic heterocycles. The van der Waals surface area contributed by atoms with Gasteiger partial charge >= 0.3 is 0 Å². The number of nitrogens with two attached hydrogens (primary N) is 1. The van der Waals surface area contributed by atoms with Crippen molar-refractivity contribution in [2.45, 2.75) is 31.5 Å². The van der Waals surface area contributed by atoms with E-state index in [9.17, 15) is 0 Å². The van der Waals surface area contributed by atoms with Gasteiger partial charge in [0.25, 0.3) is 0 Å². The molecular formula is C16H26N2O3. The van der Waals surface area contributed by atoms with Crippen LogP contribution in [0.2, 0.25) is 0 Å². The number of methoxy groups -OCH3 is 3. The molecule has 1 saturated heterocycles. The van der Waals surface area contributed by atoms with E-state index in [4.69, 9.17) is 19.9 Å². The van der Waals surface area contributed by atoms with Gasteiger partial charge in [0.2, 0.25) is 0 Å². The Balaban J connectivity index is 2.06. The number of hydrogen-bond acceptors (Lipinski definition) is 5. The van der Waals surface area contributed by atoms with E-state index < -0.39 is 0 Å². The van der Waals surface area contributed by atoms with Crippen molar-refractivity contribution < 1.29 is 14.2 Å². The summed E-state index contributed by atoms with van der Waals surface area (Å²) >= 11 is 0. The van der Waals surface area contributed by atoms with Crippen LogP contribution in [0.1, 0.15) is 18.4 Å². The molecule has 2 N–H and O–H groups in total. The Morgan fingerprint density at radius 1 is 1.19 bits per heavy atom. The van der Waals surface area contributed by atoms with Crippen molar-refractivity contribution in [2.75, 3.05) is 34.4 Å². The van der Waals surface area contributed by atoms with E-state index in [-0.39, 0.29) is 0 Å². The van der Waals surface area contributed by atoms with Crippen LogP contribution in [0.4, 0.5) is 0 Å².